The lowest BCUT2D eigenvalue weighted by Gasteiger charge is -1.93. The molecule has 0 aromatic carbocycles. The van der Waals surface area contributed by atoms with Crippen molar-refractivity contribution in [2.75, 3.05) is 7.11 Å². The van der Waals surface area contributed by atoms with Gasteiger partial charge in [-0.15, -0.1) is 0 Å². The summed E-state index contributed by atoms with van der Waals surface area (Å²) in [6.07, 6.45) is -6.78. The van der Waals surface area contributed by atoms with E-state index in [4.69, 9.17) is 9.60 Å². The molecule has 0 bridgehead atoms. The molecule has 0 aromatic rings. The van der Waals surface area contributed by atoms with Crippen LogP contribution in [0.2, 0.25) is 0 Å². The van der Waals surface area contributed by atoms with Gasteiger partial charge >= 0.3 is 5.97 Å². The second-order valence-electron chi connectivity index (χ2n) is 1.07. The molecule has 0 saturated heterocycles. The van der Waals surface area contributed by atoms with Crippen LogP contribution in [0.15, 0.2) is 0 Å². The molecule has 0 N–H and O–H groups in total. The van der Waals surface area contributed by atoms with E-state index in [1.54, 1.807) is 0 Å². The van der Waals surface area contributed by atoms with E-state index in [1.165, 1.54) is 0 Å². The van der Waals surface area contributed by atoms with Crippen LogP contribution in [0.5, 0.6) is 0 Å². The van der Waals surface area contributed by atoms with Crippen molar-refractivity contribution in [1.29, 1.82) is 0 Å². The maximum absolute atomic E-state index is 11.3. The molecule has 0 saturated carbocycles. The zero-order valence-corrected chi connectivity index (χ0v) is 4.72. The van der Waals surface area contributed by atoms with Crippen molar-refractivity contribution in [3.63, 3.8) is 0 Å². The van der Waals surface area contributed by atoms with E-state index < -0.39 is 31.4 Å². The van der Waals surface area contributed by atoms with E-state index in [1.807, 2.05) is 0 Å². The van der Waals surface area contributed by atoms with Crippen LogP contribution in [-0.2, 0) is 14.3 Å². The maximum atomic E-state index is 11.3. The number of hydrogen-bond donors (Lipinski definition) is 0. The van der Waals surface area contributed by atoms with Gasteiger partial charge in [0.1, 0.15) is 12.2 Å². The summed E-state index contributed by atoms with van der Waals surface area (Å²) in [4.78, 5) is 22.2. The smallest absolute Gasteiger partial charge is 0.313 e. The molecule has 0 unspecified atom stereocenters. The van der Waals surface area contributed by atoms with Gasteiger partial charge in [-0.1, -0.05) is 6.85 Å². The van der Waals surface area contributed by atoms with Crippen LogP contribution in [0.1, 0.15) is 29.2 Å². The Labute approximate surface area is 63.8 Å². The minimum Gasteiger partial charge on any atom is -0.469 e. The Morgan fingerprint density at radius 2 is 2.44 bits per heavy atom. The third kappa shape index (κ3) is 3.70. The highest BCUT2D eigenvalue weighted by atomic mass is 16.5. The molecule has 3 heteroatoms. The van der Waals surface area contributed by atoms with Gasteiger partial charge in [-0.05, 0) is 0 Å². The lowest BCUT2D eigenvalue weighted by molar-refractivity contribution is -0.143. The molecule has 3 nitrogen and oxygen atoms in total. The average molecular weight is 137 g/mol. The minimum atomic E-state index is -3.45. The van der Waals surface area contributed by atoms with Crippen LogP contribution >= 0.6 is 0 Å². The molecule has 52 valence electrons. The van der Waals surface area contributed by atoms with Crippen LogP contribution < -0.4 is 0 Å². The molecule has 0 aliphatic rings. The number of methoxy groups -OCH3 is 1. The van der Waals surface area contributed by atoms with Gasteiger partial charge in [-0.2, -0.15) is 0 Å². The van der Waals surface area contributed by atoms with E-state index in [-0.39, 0.29) is 0 Å². The molecule has 0 fully saturated rings. The van der Waals surface area contributed by atoms with E-state index >= 15 is 0 Å². The van der Waals surface area contributed by atoms with E-state index in [9.17, 15) is 9.59 Å². The first-order chi connectivity index (χ1) is 6.89. The SMILES string of the molecule is [2H]C([2H])(C(=O)OC)C(=O)C([2H])([2H])C([2H])([2H])[2H]. The lowest BCUT2D eigenvalue weighted by Crippen LogP contribution is -2.07. The third-order valence-electron chi connectivity index (χ3n) is 0.515. The van der Waals surface area contributed by atoms with E-state index in [2.05, 4.69) is 4.74 Å². The molecule has 0 amide bonds. The van der Waals surface area contributed by atoms with Gasteiger partial charge in [-0.3, -0.25) is 9.59 Å². The monoisotopic (exact) mass is 137 g/mol. The zero-order chi connectivity index (χ0) is 13.4. The molecule has 0 aliphatic heterocycles. The second-order valence-corrected chi connectivity index (χ2v) is 1.07. The molecular formula is C6H10O3. The average Bonchev–Trinajstić information content (AvgIpc) is 2.13. The second kappa shape index (κ2) is 4.06. The largest absolute Gasteiger partial charge is 0.469 e. The number of Topliss-reactive ketones (excluding diaryl/α,β-unsaturated/α-hetero) is 1. The number of ether oxygens (including phenoxy) is 1. The topological polar surface area (TPSA) is 43.4 Å². The summed E-state index contributed by atoms with van der Waals surface area (Å²) in [6, 6.07) is 0. The molecule has 0 spiro atoms. The summed E-state index contributed by atoms with van der Waals surface area (Å²) < 4.78 is 52.3. The van der Waals surface area contributed by atoms with Crippen molar-refractivity contribution in [2.45, 2.75) is 19.6 Å². The standard InChI is InChI=1S/C6H10O3/c1-3-5(7)4-6(8)9-2/h3-4H2,1-2H3/i1D3,3D2,4D2. The fraction of sp³-hybridized carbons (Fsp3) is 0.667. The first-order valence-electron chi connectivity index (χ1n) is 5.52. The zero-order valence-electron chi connectivity index (χ0n) is 11.7. The summed E-state index contributed by atoms with van der Waals surface area (Å²) in [5.41, 5.74) is 0. The lowest BCUT2D eigenvalue weighted by atomic mass is 10.2. The molecule has 0 heterocycles. The fourth-order valence-corrected chi connectivity index (χ4v) is 0.175. The fourth-order valence-electron chi connectivity index (χ4n) is 0.175. The summed E-state index contributed by atoms with van der Waals surface area (Å²) in [5, 5.41) is 0. The summed E-state index contributed by atoms with van der Waals surface area (Å²) in [6.45, 7) is -3.36. The normalized spacial score (nSPS) is 24.8. The summed E-state index contributed by atoms with van der Waals surface area (Å²) >= 11 is 0. The quantitative estimate of drug-likeness (QED) is 0.421. The first-order valence-corrected chi connectivity index (χ1v) is 2.02. The first kappa shape index (κ1) is 2.08. The summed E-state index contributed by atoms with van der Waals surface area (Å²) in [5.74, 6) is -3.61. The molecule has 0 aromatic heterocycles. The van der Waals surface area contributed by atoms with Crippen LogP contribution in [0.3, 0.4) is 0 Å². The van der Waals surface area contributed by atoms with E-state index in [0.717, 1.165) is 7.11 Å². The van der Waals surface area contributed by atoms with Crippen LogP contribution in [0, 0.1) is 0 Å². The van der Waals surface area contributed by atoms with Crippen LogP contribution in [-0.4, -0.2) is 18.9 Å². The van der Waals surface area contributed by atoms with E-state index in [0.29, 0.717) is 0 Å². The highest BCUT2D eigenvalue weighted by Crippen LogP contribution is 1.89. The molecule has 0 aliphatic carbocycles. The number of esters is 1. The van der Waals surface area contributed by atoms with Crippen molar-refractivity contribution < 1.29 is 23.9 Å². The molecule has 0 atom stereocenters. The molecule has 0 rings (SSSR count). The number of ketones is 1. The number of rotatable bonds is 3. The highest BCUT2D eigenvalue weighted by Gasteiger charge is 2.05. The van der Waals surface area contributed by atoms with Crippen molar-refractivity contribution in [3.05, 3.63) is 0 Å². The Bertz CT molecular complexity index is 306. The van der Waals surface area contributed by atoms with Crippen molar-refractivity contribution in [2.24, 2.45) is 0 Å². The van der Waals surface area contributed by atoms with Crippen LogP contribution in [0.25, 0.3) is 0 Å². The van der Waals surface area contributed by atoms with Crippen LogP contribution in [0.4, 0.5) is 0 Å². The highest BCUT2D eigenvalue weighted by molar-refractivity contribution is 5.95. The molecule has 0 radical (unpaired) electrons. The van der Waals surface area contributed by atoms with Gasteiger partial charge < -0.3 is 4.74 Å². The Balaban J connectivity index is 5.30. The Morgan fingerprint density at radius 1 is 1.78 bits per heavy atom. The van der Waals surface area contributed by atoms with Gasteiger partial charge in [0.2, 0.25) is 0 Å². The van der Waals surface area contributed by atoms with Crippen molar-refractivity contribution in [3.8, 4) is 0 Å². The maximum Gasteiger partial charge on any atom is 0.313 e. The predicted molar refractivity (Wildman–Crippen MR) is 31.9 cm³/mol. The van der Waals surface area contributed by atoms with Gasteiger partial charge in [0.15, 0.2) is 0 Å². The number of carbonyl (C=O) groups excluding carboxylic acids is 2. The number of carbonyl (C=O) groups is 2. The van der Waals surface area contributed by atoms with Gasteiger partial charge in [0.05, 0.1) is 7.11 Å². The van der Waals surface area contributed by atoms with Crippen molar-refractivity contribution >= 4 is 11.8 Å². The van der Waals surface area contributed by atoms with Crippen molar-refractivity contribution in [1.82, 2.24) is 0 Å². The number of hydrogen-bond acceptors (Lipinski definition) is 3. The predicted octanol–water partition coefficient (Wildman–Crippen LogP) is 0.529. The third-order valence-corrected chi connectivity index (χ3v) is 0.515. The Hall–Kier alpha value is -0.860. The Kier molecular flexibility index (Phi) is 0.937. The molecule has 9 heavy (non-hydrogen) atoms. The minimum absolute atomic E-state index is 0.804. The van der Waals surface area contributed by atoms with Gasteiger partial charge in [-0.25, -0.2) is 0 Å². The van der Waals surface area contributed by atoms with Gasteiger partial charge in [0.25, 0.3) is 0 Å². The Morgan fingerprint density at radius 3 is 2.89 bits per heavy atom. The summed E-state index contributed by atoms with van der Waals surface area (Å²) in [7, 11) is 0.804. The van der Waals surface area contributed by atoms with Gasteiger partial charge in [0, 0.05) is 16.0 Å². The molecular weight excluding hydrogens is 120 g/mol.